The van der Waals surface area contributed by atoms with Crippen LogP contribution < -0.4 is 5.43 Å². The summed E-state index contributed by atoms with van der Waals surface area (Å²) < 4.78 is 0. The molecule has 0 aliphatic carbocycles. The second kappa shape index (κ2) is 2.46. The molecule has 1 heterocycles. The van der Waals surface area contributed by atoms with Crippen LogP contribution in [0.3, 0.4) is 0 Å². The number of nitrogens with zero attached hydrogens (tertiary/aromatic N) is 1. The molecule has 1 N–H and O–H groups in total. The molecule has 1 saturated heterocycles. The molecular formula is C6H14N2. The summed E-state index contributed by atoms with van der Waals surface area (Å²) in [5.41, 5.74) is 3.10. The van der Waals surface area contributed by atoms with Crippen LogP contribution in [0.4, 0.5) is 0 Å². The zero-order valence-electron chi connectivity index (χ0n) is 5.65. The molecule has 2 heteroatoms. The third-order valence-corrected chi connectivity index (χ3v) is 1.85. The number of hydrogen-bond donors (Lipinski definition) is 1. The van der Waals surface area contributed by atoms with E-state index >= 15 is 0 Å². The highest BCUT2D eigenvalue weighted by Gasteiger charge is 2.22. The van der Waals surface area contributed by atoms with Crippen LogP contribution in [0.25, 0.3) is 0 Å². The summed E-state index contributed by atoms with van der Waals surface area (Å²) >= 11 is 0. The second-order valence-corrected chi connectivity index (χ2v) is 2.40. The third kappa shape index (κ3) is 1.01. The first kappa shape index (κ1) is 6.05. The largest absolute Gasteiger partial charge is 0.258 e. The van der Waals surface area contributed by atoms with Gasteiger partial charge < -0.3 is 0 Å². The molecule has 0 amide bonds. The van der Waals surface area contributed by atoms with Crippen molar-refractivity contribution in [3.8, 4) is 0 Å². The van der Waals surface area contributed by atoms with Gasteiger partial charge in [0.05, 0.1) is 0 Å². The summed E-state index contributed by atoms with van der Waals surface area (Å²) in [5, 5.41) is 2.23. The predicted octanol–water partition coefficient (Wildman–Crippen LogP) is 0.463. The van der Waals surface area contributed by atoms with Gasteiger partial charge in [0, 0.05) is 13.1 Å². The van der Waals surface area contributed by atoms with Gasteiger partial charge in [-0.25, -0.2) is 5.01 Å². The fraction of sp³-hybridized carbons (Fsp3) is 1.00. The molecule has 0 aromatic rings. The Morgan fingerprint density at radius 3 is 2.62 bits per heavy atom. The Kier molecular flexibility index (Phi) is 1.86. The van der Waals surface area contributed by atoms with Gasteiger partial charge >= 0.3 is 0 Å². The molecule has 48 valence electrons. The standard InChI is InChI=1S/C6H14N2/c1-3-6-4-8(5-6)7-2/h6-7H,3-5H2,1-2H3. The molecule has 1 aliphatic rings. The first-order chi connectivity index (χ1) is 3.86. The maximum Gasteiger partial charge on any atom is 0.0172 e. The summed E-state index contributed by atoms with van der Waals surface area (Å²) in [6, 6.07) is 0. The molecule has 0 aromatic carbocycles. The average molecular weight is 114 g/mol. The van der Waals surface area contributed by atoms with Gasteiger partial charge in [-0.15, -0.1) is 0 Å². The van der Waals surface area contributed by atoms with Gasteiger partial charge in [-0.3, -0.25) is 5.43 Å². The van der Waals surface area contributed by atoms with E-state index in [1.54, 1.807) is 0 Å². The van der Waals surface area contributed by atoms with Crippen LogP contribution in [0.5, 0.6) is 0 Å². The van der Waals surface area contributed by atoms with Gasteiger partial charge in [0.15, 0.2) is 0 Å². The summed E-state index contributed by atoms with van der Waals surface area (Å²) in [6.07, 6.45) is 1.33. The molecule has 0 spiro atoms. The summed E-state index contributed by atoms with van der Waals surface area (Å²) in [7, 11) is 1.98. The molecule has 1 rings (SSSR count). The zero-order valence-corrected chi connectivity index (χ0v) is 5.65. The number of hydrazine groups is 1. The Balaban J connectivity index is 2.03. The van der Waals surface area contributed by atoms with Gasteiger partial charge in [-0.2, -0.15) is 0 Å². The van der Waals surface area contributed by atoms with Gasteiger partial charge in [0.1, 0.15) is 0 Å². The van der Waals surface area contributed by atoms with E-state index in [2.05, 4.69) is 17.4 Å². The monoisotopic (exact) mass is 114 g/mol. The maximum absolute atomic E-state index is 3.10. The fourth-order valence-electron chi connectivity index (χ4n) is 1.01. The van der Waals surface area contributed by atoms with E-state index in [0.29, 0.717) is 0 Å². The lowest BCUT2D eigenvalue weighted by Crippen LogP contribution is -2.52. The molecule has 0 atom stereocenters. The highest BCUT2D eigenvalue weighted by molar-refractivity contribution is 4.74. The van der Waals surface area contributed by atoms with E-state index in [4.69, 9.17) is 0 Å². The normalized spacial score (nSPS) is 23.2. The van der Waals surface area contributed by atoms with Crippen LogP contribution >= 0.6 is 0 Å². The third-order valence-electron chi connectivity index (χ3n) is 1.85. The van der Waals surface area contributed by atoms with Crippen molar-refractivity contribution < 1.29 is 0 Å². The van der Waals surface area contributed by atoms with Crippen LogP contribution in [0.2, 0.25) is 0 Å². The highest BCUT2D eigenvalue weighted by atomic mass is 15.5. The van der Waals surface area contributed by atoms with E-state index in [0.717, 1.165) is 5.92 Å². The Labute approximate surface area is 50.8 Å². The van der Waals surface area contributed by atoms with Crippen molar-refractivity contribution in [1.29, 1.82) is 0 Å². The fourth-order valence-corrected chi connectivity index (χ4v) is 1.01. The Morgan fingerprint density at radius 2 is 2.25 bits per heavy atom. The number of rotatable bonds is 2. The Morgan fingerprint density at radius 1 is 1.62 bits per heavy atom. The summed E-state index contributed by atoms with van der Waals surface area (Å²) in [6.45, 7) is 4.73. The molecule has 8 heavy (non-hydrogen) atoms. The quantitative estimate of drug-likeness (QED) is 0.561. The average Bonchev–Trinajstić information content (AvgIpc) is 1.65. The molecule has 0 aromatic heterocycles. The van der Waals surface area contributed by atoms with Crippen LogP contribution in [-0.4, -0.2) is 25.1 Å². The molecular weight excluding hydrogens is 100 g/mol. The van der Waals surface area contributed by atoms with E-state index in [9.17, 15) is 0 Å². The zero-order chi connectivity index (χ0) is 5.98. The first-order valence-corrected chi connectivity index (χ1v) is 3.29. The lowest BCUT2D eigenvalue weighted by molar-refractivity contribution is 0.0529. The van der Waals surface area contributed by atoms with Crippen LogP contribution in [0.15, 0.2) is 0 Å². The smallest absolute Gasteiger partial charge is 0.0172 e. The summed E-state index contributed by atoms with van der Waals surface area (Å²) in [4.78, 5) is 0. The minimum absolute atomic E-state index is 0.961. The van der Waals surface area contributed by atoms with Crippen molar-refractivity contribution in [3.63, 3.8) is 0 Å². The maximum atomic E-state index is 3.10. The van der Waals surface area contributed by atoms with Crippen molar-refractivity contribution >= 4 is 0 Å². The molecule has 0 radical (unpaired) electrons. The van der Waals surface area contributed by atoms with E-state index in [1.165, 1.54) is 19.5 Å². The number of hydrogen-bond acceptors (Lipinski definition) is 2. The number of nitrogens with one attached hydrogen (secondary N) is 1. The van der Waals surface area contributed by atoms with Gasteiger partial charge in [-0.1, -0.05) is 13.3 Å². The van der Waals surface area contributed by atoms with Crippen molar-refractivity contribution in [2.75, 3.05) is 20.1 Å². The van der Waals surface area contributed by atoms with Gasteiger partial charge in [0.2, 0.25) is 0 Å². The van der Waals surface area contributed by atoms with Gasteiger partial charge in [-0.05, 0) is 13.0 Å². The van der Waals surface area contributed by atoms with Crippen molar-refractivity contribution in [2.24, 2.45) is 5.92 Å². The molecule has 2 nitrogen and oxygen atoms in total. The molecule has 1 fully saturated rings. The summed E-state index contributed by atoms with van der Waals surface area (Å²) in [5.74, 6) is 0.961. The lowest BCUT2D eigenvalue weighted by Gasteiger charge is -2.37. The lowest BCUT2D eigenvalue weighted by atomic mass is 10.00. The van der Waals surface area contributed by atoms with Crippen molar-refractivity contribution in [3.05, 3.63) is 0 Å². The molecule has 0 saturated carbocycles. The minimum atomic E-state index is 0.961. The van der Waals surface area contributed by atoms with E-state index < -0.39 is 0 Å². The minimum Gasteiger partial charge on any atom is -0.258 e. The van der Waals surface area contributed by atoms with Crippen molar-refractivity contribution in [1.82, 2.24) is 10.4 Å². The Hall–Kier alpha value is -0.0800. The van der Waals surface area contributed by atoms with E-state index in [1.807, 2.05) is 7.05 Å². The first-order valence-electron chi connectivity index (χ1n) is 3.29. The Bertz CT molecular complexity index is 58.9. The topological polar surface area (TPSA) is 15.3 Å². The SMILES string of the molecule is CCC1CN(NC)C1. The van der Waals surface area contributed by atoms with E-state index in [-0.39, 0.29) is 0 Å². The van der Waals surface area contributed by atoms with Gasteiger partial charge in [0.25, 0.3) is 0 Å². The highest BCUT2D eigenvalue weighted by Crippen LogP contribution is 2.14. The molecule has 0 bridgehead atoms. The van der Waals surface area contributed by atoms with Crippen molar-refractivity contribution in [2.45, 2.75) is 13.3 Å². The van der Waals surface area contributed by atoms with Crippen LogP contribution in [0.1, 0.15) is 13.3 Å². The van der Waals surface area contributed by atoms with Crippen LogP contribution in [0, 0.1) is 5.92 Å². The molecule has 1 aliphatic heterocycles. The predicted molar refractivity (Wildman–Crippen MR) is 34.4 cm³/mol. The second-order valence-electron chi connectivity index (χ2n) is 2.40. The van der Waals surface area contributed by atoms with Crippen LogP contribution in [-0.2, 0) is 0 Å². The molecule has 0 unspecified atom stereocenters.